The Morgan fingerprint density at radius 2 is 1.13 bits per heavy atom. The molecule has 94 valence electrons. The Morgan fingerprint density at radius 1 is 0.733 bits per heavy atom. The molecule has 0 unspecified atom stereocenters. The number of hydrogen-bond acceptors (Lipinski definition) is 4. The zero-order valence-corrected chi connectivity index (χ0v) is 10.7. The van der Waals surface area contributed by atoms with Crippen LogP contribution >= 0.6 is 0 Å². The van der Waals surface area contributed by atoms with Gasteiger partial charge in [0, 0.05) is 39.3 Å². The lowest BCUT2D eigenvalue weighted by atomic mass is 10.4. The summed E-state index contributed by atoms with van der Waals surface area (Å²) in [4.78, 5) is 0. The van der Waals surface area contributed by atoms with Crippen LogP contribution in [-0.4, -0.2) is 45.8 Å². The van der Waals surface area contributed by atoms with Gasteiger partial charge < -0.3 is 21.7 Å². The monoisotopic (exact) mass is 218 g/mol. The van der Waals surface area contributed by atoms with E-state index < -0.39 is 0 Å². The van der Waals surface area contributed by atoms with Crippen LogP contribution in [0.15, 0.2) is 0 Å². The van der Waals surface area contributed by atoms with Gasteiger partial charge in [0.2, 0.25) is 0 Å². The molecule has 0 aromatic heterocycles. The van der Waals surface area contributed by atoms with Crippen molar-refractivity contribution in [3.63, 3.8) is 0 Å². The molecule has 0 aliphatic rings. The minimum absolute atomic E-state index is 0.720. The Kier molecular flexibility index (Phi) is 22.3. The maximum atomic E-state index is 5.33. The molecule has 4 nitrogen and oxygen atoms in total. The molecule has 0 bridgehead atoms. The molecule has 0 fully saturated rings. The van der Waals surface area contributed by atoms with Crippen molar-refractivity contribution < 1.29 is 0 Å². The summed E-state index contributed by atoms with van der Waals surface area (Å²) >= 11 is 0. The average molecular weight is 218 g/mol. The highest BCUT2D eigenvalue weighted by Gasteiger charge is 1.87. The van der Waals surface area contributed by atoms with Crippen molar-refractivity contribution in [2.45, 2.75) is 27.2 Å². The van der Waals surface area contributed by atoms with Crippen molar-refractivity contribution >= 4 is 0 Å². The molecule has 0 atom stereocenters. The van der Waals surface area contributed by atoms with Gasteiger partial charge in [-0.05, 0) is 13.0 Å². The minimum atomic E-state index is 0.720. The van der Waals surface area contributed by atoms with Crippen molar-refractivity contribution in [1.29, 1.82) is 0 Å². The molecule has 4 heteroatoms. The van der Waals surface area contributed by atoms with Crippen molar-refractivity contribution in [3.8, 4) is 0 Å². The summed E-state index contributed by atoms with van der Waals surface area (Å²) in [5.41, 5.74) is 5.33. The third-order valence-electron chi connectivity index (χ3n) is 1.70. The molecule has 5 N–H and O–H groups in total. The first-order chi connectivity index (χ1) is 7.41. The van der Waals surface area contributed by atoms with E-state index in [0.717, 1.165) is 45.8 Å². The predicted octanol–water partition coefficient (Wildman–Crippen LogP) is 0.150. The van der Waals surface area contributed by atoms with E-state index in [9.17, 15) is 0 Å². The SMILES string of the molecule is CC.CCCNCCNCCNCCN. The Labute approximate surface area is 95.4 Å². The van der Waals surface area contributed by atoms with Gasteiger partial charge in [0.1, 0.15) is 0 Å². The lowest BCUT2D eigenvalue weighted by Crippen LogP contribution is -2.34. The van der Waals surface area contributed by atoms with Gasteiger partial charge in [0.15, 0.2) is 0 Å². The van der Waals surface area contributed by atoms with Crippen LogP contribution in [0.2, 0.25) is 0 Å². The lowest BCUT2D eigenvalue weighted by Gasteiger charge is -2.06. The Bertz CT molecular complexity index is 78.7. The van der Waals surface area contributed by atoms with Crippen molar-refractivity contribution in [2.75, 3.05) is 45.8 Å². The Balaban J connectivity index is 0. The van der Waals surface area contributed by atoms with E-state index in [1.165, 1.54) is 6.42 Å². The van der Waals surface area contributed by atoms with Crippen LogP contribution in [0.1, 0.15) is 27.2 Å². The summed E-state index contributed by atoms with van der Waals surface area (Å²) < 4.78 is 0. The number of nitrogens with one attached hydrogen (secondary N) is 3. The third kappa shape index (κ3) is 20.0. The molecule has 0 spiro atoms. The van der Waals surface area contributed by atoms with Crippen LogP contribution < -0.4 is 21.7 Å². The lowest BCUT2D eigenvalue weighted by molar-refractivity contribution is 0.581. The fraction of sp³-hybridized carbons (Fsp3) is 1.00. The maximum Gasteiger partial charge on any atom is 0.00772 e. The van der Waals surface area contributed by atoms with Gasteiger partial charge >= 0.3 is 0 Å². The summed E-state index contributed by atoms with van der Waals surface area (Å²) in [6.45, 7) is 13.1. The maximum absolute atomic E-state index is 5.33. The summed E-state index contributed by atoms with van der Waals surface area (Å²) in [5, 5.41) is 9.90. The van der Waals surface area contributed by atoms with Crippen LogP contribution in [0.3, 0.4) is 0 Å². The molecule has 0 saturated heterocycles. The van der Waals surface area contributed by atoms with Crippen LogP contribution in [-0.2, 0) is 0 Å². The molecule has 0 aliphatic heterocycles. The smallest absolute Gasteiger partial charge is 0.00772 e. The van der Waals surface area contributed by atoms with Crippen LogP contribution in [0.25, 0.3) is 0 Å². The van der Waals surface area contributed by atoms with Gasteiger partial charge in [-0.2, -0.15) is 0 Å². The highest BCUT2D eigenvalue weighted by molar-refractivity contribution is 4.54. The second kappa shape index (κ2) is 19.4. The number of rotatable bonds is 10. The summed E-state index contributed by atoms with van der Waals surface area (Å²) in [6, 6.07) is 0. The first kappa shape index (κ1) is 17.2. The second-order valence-corrected chi connectivity index (χ2v) is 3.04. The first-order valence-electron chi connectivity index (χ1n) is 6.24. The summed E-state index contributed by atoms with van der Waals surface area (Å²) in [6.07, 6.45) is 1.21. The number of nitrogens with two attached hydrogens (primary N) is 1. The van der Waals surface area contributed by atoms with E-state index in [4.69, 9.17) is 5.73 Å². The van der Waals surface area contributed by atoms with Gasteiger partial charge in [-0.1, -0.05) is 20.8 Å². The molecule has 0 aliphatic carbocycles. The van der Waals surface area contributed by atoms with Gasteiger partial charge in [0.25, 0.3) is 0 Å². The molecule has 0 aromatic rings. The largest absolute Gasteiger partial charge is 0.329 e. The zero-order chi connectivity index (χ0) is 11.8. The molecular weight excluding hydrogens is 188 g/mol. The van der Waals surface area contributed by atoms with Crippen LogP contribution in [0, 0.1) is 0 Å². The topological polar surface area (TPSA) is 62.1 Å². The van der Waals surface area contributed by atoms with Crippen molar-refractivity contribution in [1.82, 2.24) is 16.0 Å². The van der Waals surface area contributed by atoms with Gasteiger partial charge in [-0.3, -0.25) is 0 Å². The number of hydrogen-bond donors (Lipinski definition) is 4. The molecular formula is C11H30N4. The first-order valence-corrected chi connectivity index (χ1v) is 6.24. The fourth-order valence-electron chi connectivity index (χ4n) is 1.01. The molecule has 0 saturated carbocycles. The minimum Gasteiger partial charge on any atom is -0.329 e. The standard InChI is InChI=1S/C9H24N4.C2H6/c1-2-4-11-6-8-13-9-7-12-5-3-10;1-2/h11-13H,2-10H2,1H3;1-2H3. The van der Waals surface area contributed by atoms with Crippen molar-refractivity contribution in [3.05, 3.63) is 0 Å². The van der Waals surface area contributed by atoms with E-state index in [1.807, 2.05) is 13.8 Å². The Morgan fingerprint density at radius 3 is 1.53 bits per heavy atom. The molecule has 0 aromatic carbocycles. The van der Waals surface area contributed by atoms with Crippen LogP contribution in [0.4, 0.5) is 0 Å². The summed E-state index contributed by atoms with van der Waals surface area (Å²) in [5.74, 6) is 0. The average Bonchev–Trinajstić information content (AvgIpc) is 2.30. The van der Waals surface area contributed by atoms with E-state index >= 15 is 0 Å². The van der Waals surface area contributed by atoms with Gasteiger partial charge in [-0.25, -0.2) is 0 Å². The molecule has 0 amide bonds. The predicted molar refractivity (Wildman–Crippen MR) is 69.3 cm³/mol. The Hall–Kier alpha value is -0.160. The van der Waals surface area contributed by atoms with E-state index in [1.54, 1.807) is 0 Å². The second-order valence-electron chi connectivity index (χ2n) is 3.04. The van der Waals surface area contributed by atoms with Gasteiger partial charge in [-0.15, -0.1) is 0 Å². The third-order valence-corrected chi connectivity index (χ3v) is 1.70. The summed E-state index contributed by atoms with van der Waals surface area (Å²) in [7, 11) is 0. The van der Waals surface area contributed by atoms with Gasteiger partial charge in [0.05, 0.1) is 0 Å². The highest BCUT2D eigenvalue weighted by Crippen LogP contribution is 1.67. The van der Waals surface area contributed by atoms with E-state index in [0.29, 0.717) is 0 Å². The quantitative estimate of drug-likeness (QED) is 0.394. The van der Waals surface area contributed by atoms with E-state index in [2.05, 4.69) is 22.9 Å². The van der Waals surface area contributed by atoms with Crippen LogP contribution in [0.5, 0.6) is 0 Å². The molecule has 15 heavy (non-hydrogen) atoms. The van der Waals surface area contributed by atoms with E-state index in [-0.39, 0.29) is 0 Å². The highest BCUT2D eigenvalue weighted by atomic mass is 15.0. The fourth-order valence-corrected chi connectivity index (χ4v) is 1.01. The zero-order valence-electron chi connectivity index (χ0n) is 10.7. The molecule has 0 heterocycles. The van der Waals surface area contributed by atoms with Crippen molar-refractivity contribution in [2.24, 2.45) is 5.73 Å². The molecule has 0 radical (unpaired) electrons. The normalized spacial score (nSPS) is 9.60. The molecule has 0 rings (SSSR count).